The standard InChI is InChI=1S/C44H82NO4/c1-5-7-9-11-13-15-17-19-21-23-25-27-29-31-33-35-43(46)48-39-41-37-45(3,4)38-42(41)40-49-44(47)36-34-32-30-28-26-24-22-20-18-16-14-12-10-8-6-2/h19-22,41-42H,5-18,23-40H2,1-4H3/q+1. The van der Waals surface area contributed by atoms with Gasteiger partial charge in [0.1, 0.15) is 13.2 Å². The summed E-state index contributed by atoms with van der Waals surface area (Å²) >= 11 is 0. The van der Waals surface area contributed by atoms with Crippen LogP contribution in [0.4, 0.5) is 0 Å². The van der Waals surface area contributed by atoms with Crippen LogP contribution in [0.5, 0.6) is 0 Å². The van der Waals surface area contributed by atoms with Gasteiger partial charge in [-0.25, -0.2) is 0 Å². The zero-order valence-electron chi connectivity index (χ0n) is 33.2. The first-order valence-electron chi connectivity index (χ1n) is 21.3. The smallest absolute Gasteiger partial charge is 0.305 e. The molecule has 1 fully saturated rings. The molecule has 0 aromatic carbocycles. The summed E-state index contributed by atoms with van der Waals surface area (Å²) in [5.41, 5.74) is 0. The van der Waals surface area contributed by atoms with E-state index in [-0.39, 0.29) is 23.8 Å². The molecule has 5 nitrogen and oxygen atoms in total. The van der Waals surface area contributed by atoms with Crippen LogP contribution < -0.4 is 0 Å². The second-order valence-corrected chi connectivity index (χ2v) is 15.9. The van der Waals surface area contributed by atoms with E-state index in [0.29, 0.717) is 26.1 Å². The molecule has 286 valence electrons. The number of likely N-dealkylation sites (tertiary alicyclic amines) is 1. The molecule has 0 amide bonds. The molecule has 0 bridgehead atoms. The van der Waals surface area contributed by atoms with Gasteiger partial charge in [-0.2, -0.15) is 0 Å². The maximum Gasteiger partial charge on any atom is 0.305 e. The van der Waals surface area contributed by atoms with Crippen LogP contribution in [0, 0.1) is 11.8 Å². The Bertz CT molecular complexity index is 769. The topological polar surface area (TPSA) is 52.6 Å². The summed E-state index contributed by atoms with van der Waals surface area (Å²) in [4.78, 5) is 24.9. The lowest BCUT2D eigenvalue weighted by Gasteiger charge is -2.23. The minimum absolute atomic E-state index is 0.0743. The average molecular weight is 689 g/mol. The van der Waals surface area contributed by atoms with Crippen LogP contribution in [0.2, 0.25) is 0 Å². The van der Waals surface area contributed by atoms with Crippen molar-refractivity contribution in [1.82, 2.24) is 0 Å². The molecule has 0 N–H and O–H groups in total. The van der Waals surface area contributed by atoms with Gasteiger partial charge in [-0.15, -0.1) is 0 Å². The van der Waals surface area contributed by atoms with E-state index in [2.05, 4.69) is 52.2 Å². The number of allylic oxidation sites excluding steroid dienone is 4. The van der Waals surface area contributed by atoms with Crippen molar-refractivity contribution in [2.75, 3.05) is 40.4 Å². The van der Waals surface area contributed by atoms with Crippen molar-refractivity contribution in [3.8, 4) is 0 Å². The number of carbonyl (C=O) groups is 2. The molecule has 1 aliphatic rings. The van der Waals surface area contributed by atoms with Crippen molar-refractivity contribution < 1.29 is 23.5 Å². The summed E-state index contributed by atoms with van der Waals surface area (Å²) in [6.45, 7) is 7.35. The summed E-state index contributed by atoms with van der Waals surface area (Å²) in [6.07, 6.45) is 43.1. The van der Waals surface area contributed by atoms with Crippen molar-refractivity contribution in [3.05, 3.63) is 24.3 Å². The van der Waals surface area contributed by atoms with Gasteiger partial charge >= 0.3 is 11.9 Å². The van der Waals surface area contributed by atoms with E-state index in [0.717, 1.165) is 43.3 Å². The minimum Gasteiger partial charge on any atom is -0.465 e. The number of quaternary nitrogens is 1. The van der Waals surface area contributed by atoms with Crippen LogP contribution in [0.15, 0.2) is 24.3 Å². The second kappa shape index (κ2) is 32.3. The van der Waals surface area contributed by atoms with Crippen molar-refractivity contribution in [3.63, 3.8) is 0 Å². The highest BCUT2D eigenvalue weighted by Gasteiger charge is 2.41. The Kier molecular flexibility index (Phi) is 29.9. The van der Waals surface area contributed by atoms with Gasteiger partial charge < -0.3 is 14.0 Å². The third-order valence-corrected chi connectivity index (χ3v) is 10.3. The zero-order valence-corrected chi connectivity index (χ0v) is 33.2. The third-order valence-electron chi connectivity index (χ3n) is 10.3. The quantitative estimate of drug-likeness (QED) is 0.0292. The SMILES string of the molecule is CCCCCCCCC=CCCCCCCCC(=O)OCC1C[N+](C)(C)CC1COC(=O)CCCCCCCC=CCCCCCCCC. The summed E-state index contributed by atoms with van der Waals surface area (Å²) in [6, 6.07) is 0. The van der Waals surface area contributed by atoms with E-state index >= 15 is 0 Å². The van der Waals surface area contributed by atoms with Crippen LogP contribution in [0.1, 0.15) is 194 Å². The fourth-order valence-corrected chi connectivity index (χ4v) is 7.24. The molecule has 1 aliphatic heterocycles. The van der Waals surface area contributed by atoms with E-state index in [1.807, 2.05) is 0 Å². The number of ether oxygens (including phenoxy) is 2. The van der Waals surface area contributed by atoms with Crippen molar-refractivity contribution in [2.24, 2.45) is 11.8 Å². The molecule has 2 atom stereocenters. The molecule has 1 rings (SSSR count). The summed E-state index contributed by atoms with van der Waals surface area (Å²) < 4.78 is 12.3. The highest BCUT2D eigenvalue weighted by atomic mass is 16.5. The molecule has 0 aliphatic carbocycles. The fourth-order valence-electron chi connectivity index (χ4n) is 7.24. The van der Waals surface area contributed by atoms with Crippen molar-refractivity contribution in [2.45, 2.75) is 194 Å². The highest BCUT2D eigenvalue weighted by Crippen LogP contribution is 2.28. The monoisotopic (exact) mass is 689 g/mol. The Morgan fingerprint density at radius 1 is 0.469 bits per heavy atom. The van der Waals surface area contributed by atoms with Crippen LogP contribution in [0.3, 0.4) is 0 Å². The summed E-state index contributed by atoms with van der Waals surface area (Å²) in [5.74, 6) is 0.353. The fraction of sp³-hybridized carbons (Fsp3) is 0.864. The largest absolute Gasteiger partial charge is 0.465 e. The molecule has 2 unspecified atom stereocenters. The Hall–Kier alpha value is -1.62. The van der Waals surface area contributed by atoms with Crippen LogP contribution >= 0.6 is 0 Å². The Morgan fingerprint density at radius 3 is 1.08 bits per heavy atom. The number of esters is 2. The zero-order chi connectivity index (χ0) is 35.7. The van der Waals surface area contributed by atoms with E-state index in [1.54, 1.807) is 0 Å². The Balaban J connectivity index is 2.04. The first kappa shape index (κ1) is 45.4. The van der Waals surface area contributed by atoms with Gasteiger partial charge in [-0.05, 0) is 64.2 Å². The first-order chi connectivity index (χ1) is 23.9. The van der Waals surface area contributed by atoms with Gasteiger partial charge in [0.05, 0.1) is 39.0 Å². The maximum absolute atomic E-state index is 12.5. The Morgan fingerprint density at radius 2 is 0.755 bits per heavy atom. The van der Waals surface area contributed by atoms with Crippen molar-refractivity contribution in [1.29, 1.82) is 0 Å². The second-order valence-electron chi connectivity index (χ2n) is 15.9. The lowest BCUT2D eigenvalue weighted by molar-refractivity contribution is -0.880. The van der Waals surface area contributed by atoms with Crippen LogP contribution in [0.25, 0.3) is 0 Å². The number of nitrogens with zero attached hydrogens (tertiary/aromatic N) is 1. The Labute approximate surface area is 305 Å². The summed E-state index contributed by atoms with van der Waals surface area (Å²) in [7, 11) is 4.43. The van der Waals surface area contributed by atoms with Gasteiger partial charge in [0.25, 0.3) is 0 Å². The highest BCUT2D eigenvalue weighted by molar-refractivity contribution is 5.69. The molecule has 1 heterocycles. The predicted molar refractivity (Wildman–Crippen MR) is 210 cm³/mol. The lowest BCUT2D eigenvalue weighted by Crippen LogP contribution is -2.37. The predicted octanol–water partition coefficient (Wildman–Crippen LogP) is 12.5. The molecular weight excluding hydrogens is 606 g/mol. The summed E-state index contributed by atoms with van der Waals surface area (Å²) in [5, 5.41) is 0. The van der Waals surface area contributed by atoms with Crippen LogP contribution in [-0.4, -0.2) is 56.8 Å². The van der Waals surface area contributed by atoms with E-state index in [1.165, 1.54) is 141 Å². The van der Waals surface area contributed by atoms with Crippen molar-refractivity contribution >= 4 is 11.9 Å². The van der Waals surface area contributed by atoms with Gasteiger partial charge in [0, 0.05) is 12.8 Å². The third kappa shape index (κ3) is 28.7. The number of hydrogen-bond donors (Lipinski definition) is 0. The molecule has 49 heavy (non-hydrogen) atoms. The number of unbranched alkanes of at least 4 members (excludes halogenated alkanes) is 22. The van der Waals surface area contributed by atoms with Gasteiger partial charge in [-0.1, -0.05) is 141 Å². The van der Waals surface area contributed by atoms with Gasteiger partial charge in [0.15, 0.2) is 0 Å². The molecule has 0 aromatic heterocycles. The molecule has 1 saturated heterocycles. The minimum atomic E-state index is -0.0743. The van der Waals surface area contributed by atoms with E-state index in [4.69, 9.17) is 9.47 Å². The molecule has 0 aromatic rings. The molecular formula is C44H82NO4+. The molecule has 0 radical (unpaired) electrons. The van der Waals surface area contributed by atoms with E-state index in [9.17, 15) is 9.59 Å². The normalized spacial score (nSPS) is 17.4. The van der Waals surface area contributed by atoms with Gasteiger partial charge in [0.2, 0.25) is 0 Å². The average Bonchev–Trinajstić information content (AvgIpc) is 3.39. The van der Waals surface area contributed by atoms with Crippen LogP contribution in [-0.2, 0) is 19.1 Å². The number of rotatable bonds is 34. The first-order valence-corrected chi connectivity index (χ1v) is 21.3. The molecule has 0 saturated carbocycles. The molecule has 5 heteroatoms. The van der Waals surface area contributed by atoms with Gasteiger partial charge in [-0.3, -0.25) is 9.59 Å². The maximum atomic E-state index is 12.5. The molecule has 0 spiro atoms. The number of carbonyl (C=O) groups excluding carboxylic acids is 2. The lowest BCUT2D eigenvalue weighted by atomic mass is 9.98. The number of hydrogen-bond acceptors (Lipinski definition) is 4. The van der Waals surface area contributed by atoms with E-state index < -0.39 is 0 Å².